The maximum atomic E-state index is 12.8. The summed E-state index contributed by atoms with van der Waals surface area (Å²) in [6.07, 6.45) is 3.39. The first-order chi connectivity index (χ1) is 16.0. The summed E-state index contributed by atoms with van der Waals surface area (Å²) in [5, 5.41) is 7.95. The number of carbonyl (C=O) groups excluding carboxylic acids is 1. The summed E-state index contributed by atoms with van der Waals surface area (Å²) in [6.45, 7) is 0.265. The van der Waals surface area contributed by atoms with Gasteiger partial charge >= 0.3 is 0 Å². The highest BCUT2D eigenvalue weighted by atomic mass is 35.5. The lowest BCUT2D eigenvalue weighted by Crippen LogP contribution is -2.33. The summed E-state index contributed by atoms with van der Waals surface area (Å²) < 4.78 is 13.3. The van der Waals surface area contributed by atoms with Crippen molar-refractivity contribution in [2.24, 2.45) is 0 Å². The van der Waals surface area contributed by atoms with E-state index in [1.807, 2.05) is 24.3 Å². The van der Waals surface area contributed by atoms with Crippen molar-refractivity contribution in [1.82, 2.24) is 24.6 Å². The van der Waals surface area contributed by atoms with Crippen LogP contribution in [0, 0.1) is 0 Å². The minimum atomic E-state index is -0.344. The van der Waals surface area contributed by atoms with E-state index in [4.69, 9.17) is 21.1 Å². The number of rotatable bonds is 8. The van der Waals surface area contributed by atoms with Crippen molar-refractivity contribution in [3.63, 3.8) is 0 Å². The lowest BCUT2D eigenvalue weighted by atomic mass is 10.1. The Morgan fingerprint density at radius 2 is 1.94 bits per heavy atom. The molecule has 0 aliphatic heterocycles. The molecular weight excluding hydrogens is 446 g/mol. The van der Waals surface area contributed by atoms with Crippen LogP contribution in [-0.2, 0) is 17.8 Å². The molecule has 2 aromatic carbocycles. The van der Waals surface area contributed by atoms with Crippen LogP contribution in [0.1, 0.15) is 5.56 Å². The standard InChI is InChI=1S/C23H22ClN5O4/c1-32-19-7-6-15(10-20(19)33-2)8-9-25-21(30)13-28-14-26-22-18(23(28)31)12-27-29(22)17-5-3-4-16(24)11-17/h3-7,10-12,14H,8-9,13H2,1-2H3,(H,25,30). The lowest BCUT2D eigenvalue weighted by Gasteiger charge is -2.10. The van der Waals surface area contributed by atoms with E-state index in [0.717, 1.165) is 5.56 Å². The quantitative estimate of drug-likeness (QED) is 0.427. The van der Waals surface area contributed by atoms with Crippen LogP contribution in [0.25, 0.3) is 16.7 Å². The van der Waals surface area contributed by atoms with Crippen LogP contribution >= 0.6 is 11.6 Å². The highest BCUT2D eigenvalue weighted by molar-refractivity contribution is 6.30. The van der Waals surface area contributed by atoms with Gasteiger partial charge in [0, 0.05) is 11.6 Å². The van der Waals surface area contributed by atoms with Gasteiger partial charge < -0.3 is 14.8 Å². The van der Waals surface area contributed by atoms with E-state index >= 15 is 0 Å². The van der Waals surface area contributed by atoms with E-state index in [0.29, 0.717) is 46.2 Å². The smallest absolute Gasteiger partial charge is 0.264 e. The van der Waals surface area contributed by atoms with Gasteiger partial charge in [-0.05, 0) is 42.3 Å². The number of nitrogens with one attached hydrogen (secondary N) is 1. The van der Waals surface area contributed by atoms with E-state index in [1.54, 1.807) is 32.4 Å². The monoisotopic (exact) mass is 467 g/mol. The number of methoxy groups -OCH3 is 2. The summed E-state index contributed by atoms with van der Waals surface area (Å²) in [6, 6.07) is 12.7. The van der Waals surface area contributed by atoms with Gasteiger partial charge in [0.05, 0.1) is 26.1 Å². The molecule has 170 valence electrons. The number of ether oxygens (including phenoxy) is 2. The van der Waals surface area contributed by atoms with Crippen LogP contribution in [0.5, 0.6) is 11.5 Å². The second-order valence-corrected chi connectivity index (χ2v) is 7.68. The van der Waals surface area contributed by atoms with Crippen LogP contribution < -0.4 is 20.3 Å². The van der Waals surface area contributed by atoms with Gasteiger partial charge in [-0.3, -0.25) is 14.2 Å². The number of halogens is 1. The number of carbonyl (C=O) groups is 1. The molecule has 1 amide bonds. The largest absolute Gasteiger partial charge is 0.493 e. The van der Waals surface area contributed by atoms with Gasteiger partial charge in [-0.25, -0.2) is 9.67 Å². The lowest BCUT2D eigenvalue weighted by molar-refractivity contribution is -0.121. The first-order valence-corrected chi connectivity index (χ1v) is 10.5. The number of benzene rings is 2. The van der Waals surface area contributed by atoms with Gasteiger partial charge in [0.1, 0.15) is 18.3 Å². The molecule has 1 N–H and O–H groups in total. The zero-order valence-corrected chi connectivity index (χ0v) is 18.9. The fraction of sp³-hybridized carbons (Fsp3) is 0.217. The third kappa shape index (κ3) is 4.83. The van der Waals surface area contributed by atoms with Gasteiger partial charge in [-0.15, -0.1) is 0 Å². The molecule has 9 nitrogen and oxygen atoms in total. The van der Waals surface area contributed by atoms with Gasteiger partial charge in [-0.2, -0.15) is 5.10 Å². The highest BCUT2D eigenvalue weighted by Gasteiger charge is 2.13. The van der Waals surface area contributed by atoms with Crippen LogP contribution in [0.2, 0.25) is 5.02 Å². The summed E-state index contributed by atoms with van der Waals surface area (Å²) in [5.74, 6) is 0.984. The maximum Gasteiger partial charge on any atom is 0.264 e. The van der Waals surface area contributed by atoms with Crippen LogP contribution in [0.15, 0.2) is 59.8 Å². The van der Waals surface area contributed by atoms with Crippen molar-refractivity contribution in [1.29, 1.82) is 0 Å². The summed E-state index contributed by atoms with van der Waals surface area (Å²) in [4.78, 5) is 29.6. The van der Waals surface area contributed by atoms with E-state index in [-0.39, 0.29) is 18.0 Å². The highest BCUT2D eigenvalue weighted by Crippen LogP contribution is 2.27. The van der Waals surface area contributed by atoms with Gasteiger partial charge in [0.25, 0.3) is 5.56 Å². The molecule has 33 heavy (non-hydrogen) atoms. The number of hydrogen-bond acceptors (Lipinski definition) is 6. The number of fused-ring (bicyclic) bond motifs is 1. The molecule has 2 aromatic heterocycles. The number of amides is 1. The van der Waals surface area contributed by atoms with Gasteiger partial charge in [-0.1, -0.05) is 23.7 Å². The second kappa shape index (κ2) is 9.74. The average Bonchev–Trinajstić information content (AvgIpc) is 3.26. The molecule has 10 heteroatoms. The van der Waals surface area contributed by atoms with E-state index in [2.05, 4.69) is 15.4 Å². The molecule has 4 rings (SSSR count). The predicted octanol–water partition coefficient (Wildman–Crippen LogP) is 2.61. The normalized spacial score (nSPS) is 10.9. The molecule has 0 fully saturated rings. The molecule has 0 aliphatic carbocycles. The molecule has 0 radical (unpaired) electrons. The summed E-state index contributed by atoms with van der Waals surface area (Å²) in [7, 11) is 3.15. The van der Waals surface area contributed by atoms with Crippen molar-refractivity contribution in [3.8, 4) is 17.2 Å². The zero-order valence-electron chi connectivity index (χ0n) is 18.1. The fourth-order valence-corrected chi connectivity index (χ4v) is 3.64. The van der Waals surface area contributed by atoms with E-state index in [9.17, 15) is 9.59 Å². The Morgan fingerprint density at radius 1 is 1.12 bits per heavy atom. The molecule has 0 unspecified atom stereocenters. The molecule has 0 bridgehead atoms. The number of nitrogens with zero attached hydrogens (tertiary/aromatic N) is 4. The number of hydrogen-bond donors (Lipinski definition) is 1. The summed E-state index contributed by atoms with van der Waals surface area (Å²) >= 11 is 6.05. The minimum Gasteiger partial charge on any atom is -0.493 e. The predicted molar refractivity (Wildman–Crippen MR) is 124 cm³/mol. The van der Waals surface area contributed by atoms with Crippen molar-refractivity contribution in [2.75, 3.05) is 20.8 Å². The molecule has 0 spiro atoms. The second-order valence-electron chi connectivity index (χ2n) is 7.24. The van der Waals surface area contributed by atoms with Crippen LogP contribution in [-0.4, -0.2) is 46.0 Å². The van der Waals surface area contributed by atoms with Crippen LogP contribution in [0.4, 0.5) is 0 Å². The molecule has 0 saturated heterocycles. The Balaban J connectivity index is 1.42. The molecule has 2 heterocycles. The third-order valence-electron chi connectivity index (χ3n) is 5.11. The summed E-state index contributed by atoms with van der Waals surface area (Å²) in [5.41, 5.74) is 1.73. The zero-order chi connectivity index (χ0) is 23.4. The van der Waals surface area contributed by atoms with Gasteiger partial charge in [0.2, 0.25) is 5.91 Å². The average molecular weight is 468 g/mol. The first-order valence-electron chi connectivity index (χ1n) is 10.2. The van der Waals surface area contributed by atoms with E-state index < -0.39 is 0 Å². The maximum absolute atomic E-state index is 12.8. The Kier molecular flexibility index (Phi) is 6.60. The Morgan fingerprint density at radius 3 is 2.70 bits per heavy atom. The Hall–Kier alpha value is -3.85. The van der Waals surface area contributed by atoms with E-state index in [1.165, 1.54) is 21.8 Å². The molecule has 0 aliphatic rings. The van der Waals surface area contributed by atoms with Gasteiger partial charge in [0.15, 0.2) is 17.1 Å². The van der Waals surface area contributed by atoms with Crippen LogP contribution in [0.3, 0.4) is 0 Å². The molecule has 0 saturated carbocycles. The minimum absolute atomic E-state index is 0.143. The fourth-order valence-electron chi connectivity index (χ4n) is 3.45. The topological polar surface area (TPSA) is 100 Å². The molecular formula is C23H22ClN5O4. The molecule has 0 atom stereocenters. The molecule has 4 aromatic rings. The first kappa shape index (κ1) is 22.3. The Labute approximate surface area is 194 Å². The van der Waals surface area contributed by atoms with Crippen molar-refractivity contribution in [2.45, 2.75) is 13.0 Å². The van der Waals surface area contributed by atoms with Crippen molar-refractivity contribution in [3.05, 3.63) is 75.9 Å². The third-order valence-corrected chi connectivity index (χ3v) is 5.34. The Bertz CT molecular complexity index is 1360. The van der Waals surface area contributed by atoms with Crippen molar-refractivity contribution < 1.29 is 14.3 Å². The van der Waals surface area contributed by atoms with Crippen molar-refractivity contribution >= 4 is 28.5 Å². The number of aromatic nitrogens is 4. The SMILES string of the molecule is COc1ccc(CCNC(=O)Cn2cnc3c(cnn3-c3cccc(Cl)c3)c2=O)cc1OC.